The fourth-order valence-corrected chi connectivity index (χ4v) is 2.20. The molecule has 0 N–H and O–H groups in total. The van der Waals surface area contributed by atoms with Crippen molar-refractivity contribution < 1.29 is 0 Å². The predicted octanol–water partition coefficient (Wildman–Crippen LogP) is 3.50. The highest BCUT2D eigenvalue weighted by Gasteiger charge is 2.19. The quantitative estimate of drug-likeness (QED) is 0.711. The van der Waals surface area contributed by atoms with Crippen LogP contribution in [-0.4, -0.2) is 12.3 Å². The first kappa shape index (κ1) is 11.9. The molecule has 1 fully saturated rings. The van der Waals surface area contributed by atoms with Gasteiger partial charge in [0, 0.05) is 12.1 Å². The minimum atomic E-state index is 0.265. The molecule has 2 rings (SSSR count). The van der Waals surface area contributed by atoms with Crippen LogP contribution >= 0.6 is 0 Å². The standard InChI is InChI=1S/C15H18N2/c1-12-2-4-14(5-3-12)11-17-15-8-6-13(10-16)7-9-15/h2-5,11,13,15H,6-9H2,1H3. The number of hydrogen-bond donors (Lipinski definition) is 0. The van der Waals surface area contributed by atoms with Gasteiger partial charge in [0.2, 0.25) is 0 Å². The van der Waals surface area contributed by atoms with E-state index in [-0.39, 0.29) is 5.92 Å². The third-order valence-corrected chi connectivity index (χ3v) is 3.39. The second-order valence-electron chi connectivity index (χ2n) is 4.82. The Morgan fingerprint density at radius 3 is 2.41 bits per heavy atom. The van der Waals surface area contributed by atoms with E-state index in [0.717, 1.165) is 31.2 Å². The molecule has 0 spiro atoms. The lowest BCUT2D eigenvalue weighted by molar-refractivity contribution is 0.384. The molecule has 0 saturated heterocycles. The molecule has 0 unspecified atom stereocenters. The molecule has 2 nitrogen and oxygen atoms in total. The largest absolute Gasteiger partial charge is 0.289 e. The second kappa shape index (κ2) is 5.63. The minimum absolute atomic E-state index is 0.265. The SMILES string of the molecule is Cc1ccc(C=NC2CCC(C#N)CC2)cc1. The molecule has 0 aliphatic heterocycles. The van der Waals surface area contributed by atoms with E-state index in [2.05, 4.69) is 42.3 Å². The number of aliphatic imine (C=N–C) groups is 1. The second-order valence-corrected chi connectivity index (χ2v) is 4.82. The van der Waals surface area contributed by atoms with Crippen LogP contribution in [0.1, 0.15) is 36.8 Å². The van der Waals surface area contributed by atoms with Gasteiger partial charge in [0.05, 0.1) is 12.1 Å². The van der Waals surface area contributed by atoms with Crippen LogP contribution < -0.4 is 0 Å². The molecule has 88 valence electrons. The fourth-order valence-electron chi connectivity index (χ4n) is 2.20. The van der Waals surface area contributed by atoms with E-state index in [1.807, 2.05) is 6.21 Å². The zero-order valence-corrected chi connectivity index (χ0v) is 10.3. The lowest BCUT2D eigenvalue weighted by Gasteiger charge is -2.21. The molecule has 17 heavy (non-hydrogen) atoms. The van der Waals surface area contributed by atoms with Gasteiger partial charge in [-0.15, -0.1) is 0 Å². The Morgan fingerprint density at radius 1 is 1.18 bits per heavy atom. The predicted molar refractivity (Wildman–Crippen MR) is 70.1 cm³/mol. The topological polar surface area (TPSA) is 36.1 Å². The summed E-state index contributed by atoms with van der Waals surface area (Å²) in [5.74, 6) is 0.265. The maximum absolute atomic E-state index is 8.82. The molecule has 1 saturated carbocycles. The zero-order valence-electron chi connectivity index (χ0n) is 10.3. The smallest absolute Gasteiger partial charge is 0.0655 e. The molecule has 0 heterocycles. The fraction of sp³-hybridized carbons (Fsp3) is 0.467. The summed E-state index contributed by atoms with van der Waals surface area (Å²) in [6, 6.07) is 11.2. The summed E-state index contributed by atoms with van der Waals surface area (Å²) in [4.78, 5) is 4.62. The van der Waals surface area contributed by atoms with Gasteiger partial charge in [0.1, 0.15) is 0 Å². The van der Waals surface area contributed by atoms with Crippen LogP contribution in [0.5, 0.6) is 0 Å². The van der Waals surface area contributed by atoms with Crippen molar-refractivity contribution in [1.82, 2.24) is 0 Å². The molecule has 0 aromatic heterocycles. The molecular formula is C15H18N2. The summed E-state index contributed by atoms with van der Waals surface area (Å²) in [6.45, 7) is 2.09. The molecule has 1 aliphatic rings. The number of aryl methyl sites for hydroxylation is 1. The van der Waals surface area contributed by atoms with Crippen LogP contribution in [0.2, 0.25) is 0 Å². The third kappa shape index (κ3) is 3.42. The Morgan fingerprint density at radius 2 is 1.82 bits per heavy atom. The Balaban J connectivity index is 1.89. The molecule has 2 heteroatoms. The van der Waals surface area contributed by atoms with E-state index in [9.17, 15) is 0 Å². The summed E-state index contributed by atoms with van der Waals surface area (Å²) in [5, 5.41) is 8.82. The van der Waals surface area contributed by atoms with Gasteiger partial charge in [-0.3, -0.25) is 4.99 Å². The molecule has 0 atom stereocenters. The van der Waals surface area contributed by atoms with Crippen LogP contribution in [0, 0.1) is 24.2 Å². The molecule has 0 radical (unpaired) electrons. The van der Waals surface area contributed by atoms with E-state index >= 15 is 0 Å². The van der Waals surface area contributed by atoms with Gasteiger partial charge in [0.15, 0.2) is 0 Å². The van der Waals surface area contributed by atoms with Crippen LogP contribution in [0.15, 0.2) is 29.3 Å². The molecule has 1 aliphatic carbocycles. The van der Waals surface area contributed by atoms with Gasteiger partial charge in [-0.05, 0) is 38.2 Å². The maximum atomic E-state index is 8.82. The minimum Gasteiger partial charge on any atom is -0.289 e. The Bertz CT molecular complexity index is 417. The monoisotopic (exact) mass is 226 g/mol. The Kier molecular flexibility index (Phi) is 3.93. The van der Waals surface area contributed by atoms with E-state index < -0.39 is 0 Å². The maximum Gasteiger partial charge on any atom is 0.0655 e. The number of hydrogen-bond acceptors (Lipinski definition) is 2. The number of nitriles is 1. The van der Waals surface area contributed by atoms with Crippen LogP contribution in [-0.2, 0) is 0 Å². The molecule has 1 aromatic rings. The van der Waals surface area contributed by atoms with Crippen LogP contribution in [0.4, 0.5) is 0 Å². The van der Waals surface area contributed by atoms with Gasteiger partial charge in [-0.25, -0.2) is 0 Å². The zero-order chi connectivity index (χ0) is 12.1. The van der Waals surface area contributed by atoms with Crippen molar-refractivity contribution in [2.75, 3.05) is 0 Å². The molecule has 0 amide bonds. The first-order chi connectivity index (χ1) is 8.28. The van der Waals surface area contributed by atoms with Crippen molar-refractivity contribution in [1.29, 1.82) is 5.26 Å². The van der Waals surface area contributed by atoms with Gasteiger partial charge in [0.25, 0.3) is 0 Å². The number of nitrogens with zero attached hydrogens (tertiary/aromatic N) is 2. The highest BCUT2D eigenvalue weighted by atomic mass is 14.8. The normalized spacial score (nSPS) is 24.7. The van der Waals surface area contributed by atoms with Gasteiger partial charge >= 0.3 is 0 Å². The summed E-state index contributed by atoms with van der Waals surface area (Å²) >= 11 is 0. The lowest BCUT2D eigenvalue weighted by Crippen LogP contribution is -2.16. The van der Waals surface area contributed by atoms with Crippen molar-refractivity contribution in [3.63, 3.8) is 0 Å². The van der Waals surface area contributed by atoms with Gasteiger partial charge in [-0.2, -0.15) is 5.26 Å². The molecule has 1 aromatic carbocycles. The van der Waals surface area contributed by atoms with Crippen molar-refractivity contribution in [2.45, 2.75) is 38.6 Å². The van der Waals surface area contributed by atoms with Crippen LogP contribution in [0.25, 0.3) is 0 Å². The van der Waals surface area contributed by atoms with Crippen LogP contribution in [0.3, 0.4) is 0 Å². The summed E-state index contributed by atoms with van der Waals surface area (Å²) in [5.41, 5.74) is 2.44. The summed E-state index contributed by atoms with van der Waals surface area (Å²) < 4.78 is 0. The van der Waals surface area contributed by atoms with Gasteiger partial charge in [-0.1, -0.05) is 29.8 Å². The average molecular weight is 226 g/mol. The van der Waals surface area contributed by atoms with E-state index in [1.54, 1.807) is 0 Å². The Hall–Kier alpha value is -1.62. The first-order valence-corrected chi connectivity index (χ1v) is 6.27. The molecule has 0 bridgehead atoms. The van der Waals surface area contributed by atoms with Crippen molar-refractivity contribution in [2.24, 2.45) is 10.9 Å². The number of benzene rings is 1. The summed E-state index contributed by atoms with van der Waals surface area (Å²) in [6.07, 6.45) is 6.09. The van der Waals surface area contributed by atoms with Crippen molar-refractivity contribution in [3.8, 4) is 6.07 Å². The van der Waals surface area contributed by atoms with Crippen molar-refractivity contribution in [3.05, 3.63) is 35.4 Å². The number of rotatable bonds is 2. The first-order valence-electron chi connectivity index (χ1n) is 6.27. The van der Waals surface area contributed by atoms with E-state index in [4.69, 9.17) is 5.26 Å². The van der Waals surface area contributed by atoms with E-state index in [1.165, 1.54) is 5.56 Å². The highest BCUT2D eigenvalue weighted by Crippen LogP contribution is 2.25. The van der Waals surface area contributed by atoms with Crippen molar-refractivity contribution >= 4 is 6.21 Å². The average Bonchev–Trinajstić information content (AvgIpc) is 2.39. The highest BCUT2D eigenvalue weighted by molar-refractivity contribution is 5.79. The summed E-state index contributed by atoms with van der Waals surface area (Å²) in [7, 11) is 0. The third-order valence-electron chi connectivity index (χ3n) is 3.39. The Labute approximate surface area is 103 Å². The lowest BCUT2D eigenvalue weighted by atomic mass is 9.87. The van der Waals surface area contributed by atoms with Gasteiger partial charge < -0.3 is 0 Å². The molecular weight excluding hydrogens is 208 g/mol. The van der Waals surface area contributed by atoms with E-state index in [0.29, 0.717) is 6.04 Å².